The molecule has 2 rings (SSSR count). The lowest BCUT2D eigenvalue weighted by atomic mass is 10.2. The molecule has 0 radical (unpaired) electrons. The Kier molecular flexibility index (Phi) is 6.41. The van der Waals surface area contributed by atoms with Crippen molar-refractivity contribution in [2.45, 2.75) is 11.8 Å². The Balaban J connectivity index is 2.19. The molecule has 0 saturated heterocycles. The van der Waals surface area contributed by atoms with E-state index < -0.39 is 22.5 Å². The van der Waals surface area contributed by atoms with Gasteiger partial charge in [0.25, 0.3) is 15.9 Å². The van der Waals surface area contributed by atoms with Gasteiger partial charge < -0.3 is 9.47 Å². The first-order chi connectivity index (χ1) is 12.4. The average Bonchev–Trinajstić information content (AvgIpc) is 2.64. The van der Waals surface area contributed by atoms with Crippen molar-refractivity contribution in [2.75, 3.05) is 20.3 Å². The molecular weight excluding hydrogens is 354 g/mol. The van der Waals surface area contributed by atoms with Crippen molar-refractivity contribution in [3.8, 4) is 11.5 Å². The van der Waals surface area contributed by atoms with E-state index >= 15 is 0 Å². The standard InChI is InChI=1S/C19H21NO5S/c1-4-12-20(19(21)14-25-17-7-5-6-15(2)13-17)26(22,23)18-10-8-16(24-3)9-11-18/h4-11,13H,1,12,14H2,2-3H3. The molecule has 0 bridgehead atoms. The summed E-state index contributed by atoms with van der Waals surface area (Å²) in [5.74, 6) is 0.342. The van der Waals surface area contributed by atoms with Gasteiger partial charge in [-0.2, -0.15) is 0 Å². The fourth-order valence-corrected chi connectivity index (χ4v) is 3.61. The fourth-order valence-electron chi connectivity index (χ4n) is 2.25. The van der Waals surface area contributed by atoms with Crippen molar-refractivity contribution in [2.24, 2.45) is 0 Å². The minimum absolute atomic E-state index is 0.0101. The molecule has 0 heterocycles. The highest BCUT2D eigenvalue weighted by Gasteiger charge is 2.28. The van der Waals surface area contributed by atoms with Gasteiger partial charge in [-0.25, -0.2) is 12.7 Å². The summed E-state index contributed by atoms with van der Waals surface area (Å²) in [5, 5.41) is 0. The monoisotopic (exact) mass is 375 g/mol. The summed E-state index contributed by atoms with van der Waals surface area (Å²) in [4.78, 5) is 12.5. The van der Waals surface area contributed by atoms with E-state index in [1.165, 1.54) is 37.5 Å². The Bertz CT molecular complexity index is 875. The molecule has 1 amide bonds. The number of rotatable bonds is 8. The third kappa shape index (κ3) is 4.64. The molecular formula is C19H21NO5S. The van der Waals surface area contributed by atoms with Gasteiger partial charge in [0.05, 0.1) is 18.6 Å². The second-order valence-corrected chi connectivity index (χ2v) is 7.36. The maximum atomic E-state index is 12.8. The molecule has 26 heavy (non-hydrogen) atoms. The molecule has 0 spiro atoms. The predicted octanol–water partition coefficient (Wildman–Crippen LogP) is 2.79. The van der Waals surface area contributed by atoms with Crippen molar-refractivity contribution >= 4 is 15.9 Å². The highest BCUT2D eigenvalue weighted by molar-refractivity contribution is 7.89. The zero-order valence-electron chi connectivity index (χ0n) is 14.7. The number of carbonyl (C=O) groups excluding carboxylic acids is 1. The molecule has 0 aliphatic carbocycles. The van der Waals surface area contributed by atoms with Gasteiger partial charge in [0.15, 0.2) is 6.61 Å². The molecule has 7 heteroatoms. The molecule has 6 nitrogen and oxygen atoms in total. The third-order valence-electron chi connectivity index (χ3n) is 3.57. The van der Waals surface area contributed by atoms with E-state index in [9.17, 15) is 13.2 Å². The minimum Gasteiger partial charge on any atom is -0.497 e. The Morgan fingerprint density at radius 1 is 1.15 bits per heavy atom. The minimum atomic E-state index is -4.02. The molecule has 0 saturated carbocycles. The molecule has 2 aromatic carbocycles. The number of hydrogen-bond donors (Lipinski definition) is 0. The number of sulfonamides is 1. The van der Waals surface area contributed by atoms with Gasteiger partial charge in [-0.3, -0.25) is 4.79 Å². The second-order valence-electron chi connectivity index (χ2n) is 5.50. The maximum absolute atomic E-state index is 12.8. The molecule has 0 atom stereocenters. The summed E-state index contributed by atoms with van der Waals surface area (Å²) in [6.07, 6.45) is 1.35. The number of methoxy groups -OCH3 is 1. The van der Waals surface area contributed by atoms with Crippen LogP contribution in [0.5, 0.6) is 11.5 Å². The van der Waals surface area contributed by atoms with Crippen LogP contribution in [0.15, 0.2) is 66.1 Å². The average molecular weight is 375 g/mol. The normalized spacial score (nSPS) is 10.8. The first-order valence-corrected chi connectivity index (χ1v) is 9.32. The zero-order valence-corrected chi connectivity index (χ0v) is 15.5. The number of nitrogens with zero attached hydrogens (tertiary/aromatic N) is 1. The van der Waals surface area contributed by atoms with Crippen molar-refractivity contribution in [1.82, 2.24) is 4.31 Å². The lowest BCUT2D eigenvalue weighted by molar-refractivity contribution is -0.128. The topological polar surface area (TPSA) is 72.9 Å². The third-order valence-corrected chi connectivity index (χ3v) is 5.37. The van der Waals surface area contributed by atoms with Crippen LogP contribution in [0.2, 0.25) is 0 Å². The SMILES string of the molecule is C=CCN(C(=O)COc1cccc(C)c1)S(=O)(=O)c1ccc(OC)cc1. The smallest absolute Gasteiger partial charge is 0.274 e. The van der Waals surface area contributed by atoms with Gasteiger partial charge in [0.1, 0.15) is 11.5 Å². The first kappa shape index (κ1) is 19.5. The summed E-state index contributed by atoms with van der Waals surface area (Å²) >= 11 is 0. The van der Waals surface area contributed by atoms with Crippen LogP contribution in [0.3, 0.4) is 0 Å². The predicted molar refractivity (Wildman–Crippen MR) is 98.8 cm³/mol. The van der Waals surface area contributed by atoms with E-state index in [-0.39, 0.29) is 11.4 Å². The summed E-state index contributed by atoms with van der Waals surface area (Å²) in [5.41, 5.74) is 0.976. The maximum Gasteiger partial charge on any atom is 0.274 e. The van der Waals surface area contributed by atoms with E-state index in [0.717, 1.165) is 9.87 Å². The summed E-state index contributed by atoms with van der Waals surface area (Å²) in [7, 11) is -2.54. The van der Waals surface area contributed by atoms with Gasteiger partial charge in [0, 0.05) is 0 Å². The van der Waals surface area contributed by atoms with Gasteiger partial charge >= 0.3 is 0 Å². The summed E-state index contributed by atoms with van der Waals surface area (Å²) < 4.78 is 36.8. The summed E-state index contributed by atoms with van der Waals surface area (Å²) in [6.45, 7) is 4.88. The Labute approximate surface area is 153 Å². The number of carbonyl (C=O) groups is 1. The number of hydrogen-bond acceptors (Lipinski definition) is 5. The van der Waals surface area contributed by atoms with Crippen LogP contribution in [-0.4, -0.2) is 38.9 Å². The lowest BCUT2D eigenvalue weighted by Crippen LogP contribution is -2.40. The van der Waals surface area contributed by atoms with Crippen molar-refractivity contribution in [3.63, 3.8) is 0 Å². The number of ether oxygens (including phenoxy) is 2. The van der Waals surface area contributed by atoms with Gasteiger partial charge in [-0.05, 0) is 48.9 Å². The molecule has 0 unspecified atom stereocenters. The number of amides is 1. The van der Waals surface area contributed by atoms with Crippen LogP contribution >= 0.6 is 0 Å². The second kappa shape index (κ2) is 8.53. The quantitative estimate of drug-likeness (QED) is 0.664. The largest absolute Gasteiger partial charge is 0.497 e. The highest BCUT2D eigenvalue weighted by Crippen LogP contribution is 2.20. The van der Waals surface area contributed by atoms with Crippen LogP contribution in [0, 0.1) is 6.92 Å². The fraction of sp³-hybridized carbons (Fsp3) is 0.211. The number of benzene rings is 2. The lowest BCUT2D eigenvalue weighted by Gasteiger charge is -2.21. The number of aryl methyl sites for hydroxylation is 1. The van der Waals surface area contributed by atoms with E-state index in [4.69, 9.17) is 9.47 Å². The van der Waals surface area contributed by atoms with Crippen molar-refractivity contribution in [1.29, 1.82) is 0 Å². The van der Waals surface area contributed by atoms with Crippen molar-refractivity contribution < 1.29 is 22.7 Å². The Morgan fingerprint density at radius 3 is 2.42 bits per heavy atom. The van der Waals surface area contributed by atoms with E-state index in [2.05, 4.69) is 6.58 Å². The van der Waals surface area contributed by atoms with Crippen LogP contribution in [0.1, 0.15) is 5.56 Å². The van der Waals surface area contributed by atoms with E-state index in [1.807, 2.05) is 13.0 Å². The molecule has 138 valence electrons. The summed E-state index contributed by atoms with van der Waals surface area (Å²) in [6, 6.07) is 13.0. The molecule has 0 aliphatic heterocycles. The van der Waals surface area contributed by atoms with E-state index in [1.54, 1.807) is 18.2 Å². The molecule has 0 aromatic heterocycles. The molecule has 0 N–H and O–H groups in total. The molecule has 0 fully saturated rings. The Hall–Kier alpha value is -2.80. The van der Waals surface area contributed by atoms with Crippen LogP contribution in [-0.2, 0) is 14.8 Å². The molecule has 0 aliphatic rings. The van der Waals surface area contributed by atoms with Gasteiger partial charge in [-0.15, -0.1) is 6.58 Å². The molecule has 2 aromatic rings. The van der Waals surface area contributed by atoms with E-state index in [0.29, 0.717) is 11.5 Å². The van der Waals surface area contributed by atoms with Crippen molar-refractivity contribution in [3.05, 3.63) is 66.7 Å². The van der Waals surface area contributed by atoms with Gasteiger partial charge in [0.2, 0.25) is 0 Å². The van der Waals surface area contributed by atoms with Crippen LogP contribution in [0.4, 0.5) is 0 Å². The highest BCUT2D eigenvalue weighted by atomic mass is 32.2. The zero-order chi connectivity index (χ0) is 19.2. The Morgan fingerprint density at radius 2 is 1.85 bits per heavy atom. The van der Waals surface area contributed by atoms with Crippen LogP contribution < -0.4 is 9.47 Å². The van der Waals surface area contributed by atoms with Gasteiger partial charge in [-0.1, -0.05) is 18.2 Å². The van der Waals surface area contributed by atoms with Crippen LogP contribution in [0.25, 0.3) is 0 Å². The first-order valence-electron chi connectivity index (χ1n) is 7.88.